The van der Waals surface area contributed by atoms with Crippen molar-refractivity contribution in [1.29, 1.82) is 0 Å². The van der Waals surface area contributed by atoms with Gasteiger partial charge in [0.2, 0.25) is 0 Å². The van der Waals surface area contributed by atoms with Crippen LogP contribution in [0.3, 0.4) is 0 Å². The van der Waals surface area contributed by atoms with Crippen molar-refractivity contribution < 1.29 is 9.47 Å². The zero-order valence-electron chi connectivity index (χ0n) is 10.2. The molecule has 1 heterocycles. The van der Waals surface area contributed by atoms with E-state index in [1.165, 1.54) is 25.7 Å². The first kappa shape index (κ1) is 12.3. The lowest BCUT2D eigenvalue weighted by atomic mass is 9.81. The van der Waals surface area contributed by atoms with E-state index in [4.69, 9.17) is 15.3 Å². The molecule has 2 aliphatic rings. The molecule has 4 nitrogen and oxygen atoms in total. The lowest BCUT2D eigenvalue weighted by molar-refractivity contribution is -0.101. The van der Waals surface area contributed by atoms with Crippen molar-refractivity contribution in [1.82, 2.24) is 5.43 Å². The zero-order valence-corrected chi connectivity index (χ0v) is 10.2. The summed E-state index contributed by atoms with van der Waals surface area (Å²) >= 11 is 0. The van der Waals surface area contributed by atoms with Gasteiger partial charge in [-0.25, -0.2) is 0 Å². The molecule has 0 aromatic heterocycles. The summed E-state index contributed by atoms with van der Waals surface area (Å²) in [6.07, 6.45) is 7.34. The third-order valence-corrected chi connectivity index (χ3v) is 4.18. The Bertz CT molecular complexity index is 217. The lowest BCUT2D eigenvalue weighted by Crippen LogP contribution is -2.49. The topological polar surface area (TPSA) is 56.5 Å². The summed E-state index contributed by atoms with van der Waals surface area (Å²) in [6.45, 7) is 1.57. The van der Waals surface area contributed by atoms with Crippen LogP contribution in [0.1, 0.15) is 38.5 Å². The van der Waals surface area contributed by atoms with Crippen molar-refractivity contribution in [3.8, 4) is 0 Å². The molecular weight excluding hydrogens is 204 g/mol. The number of methoxy groups -OCH3 is 1. The first-order valence-corrected chi connectivity index (χ1v) is 6.39. The Hall–Kier alpha value is -0.160. The SMILES string of the molecule is COCC(NN)C1CCOC2(CCCC2)C1. The Kier molecular flexibility index (Phi) is 4.19. The van der Waals surface area contributed by atoms with Gasteiger partial charge >= 0.3 is 0 Å². The Morgan fingerprint density at radius 2 is 2.25 bits per heavy atom. The predicted molar refractivity (Wildman–Crippen MR) is 62.9 cm³/mol. The maximum atomic E-state index is 6.02. The van der Waals surface area contributed by atoms with Crippen LogP contribution in [0, 0.1) is 5.92 Å². The third kappa shape index (κ3) is 2.56. The van der Waals surface area contributed by atoms with Crippen molar-refractivity contribution in [2.45, 2.75) is 50.2 Å². The van der Waals surface area contributed by atoms with E-state index < -0.39 is 0 Å². The monoisotopic (exact) mass is 228 g/mol. The van der Waals surface area contributed by atoms with Gasteiger partial charge in [0.1, 0.15) is 0 Å². The highest BCUT2D eigenvalue weighted by molar-refractivity contribution is 4.93. The summed E-state index contributed by atoms with van der Waals surface area (Å²) in [5.74, 6) is 6.20. The van der Waals surface area contributed by atoms with Crippen molar-refractivity contribution in [2.24, 2.45) is 11.8 Å². The maximum Gasteiger partial charge on any atom is 0.0685 e. The number of hydrazine groups is 1. The van der Waals surface area contributed by atoms with E-state index in [1.54, 1.807) is 7.11 Å². The number of hydrogen-bond donors (Lipinski definition) is 2. The molecule has 0 bridgehead atoms. The highest BCUT2D eigenvalue weighted by atomic mass is 16.5. The molecule has 16 heavy (non-hydrogen) atoms. The molecule has 0 aromatic carbocycles. The van der Waals surface area contributed by atoms with Crippen LogP contribution in [0.4, 0.5) is 0 Å². The summed E-state index contributed by atoms with van der Waals surface area (Å²) in [4.78, 5) is 0. The summed E-state index contributed by atoms with van der Waals surface area (Å²) in [6, 6.07) is 0.270. The van der Waals surface area contributed by atoms with Gasteiger partial charge in [-0.3, -0.25) is 11.3 Å². The quantitative estimate of drug-likeness (QED) is 0.561. The van der Waals surface area contributed by atoms with Gasteiger partial charge in [0.05, 0.1) is 12.2 Å². The van der Waals surface area contributed by atoms with E-state index in [-0.39, 0.29) is 11.6 Å². The second-order valence-corrected chi connectivity index (χ2v) is 5.22. The number of nitrogens with one attached hydrogen (secondary N) is 1. The van der Waals surface area contributed by atoms with Gasteiger partial charge in [0, 0.05) is 19.8 Å². The fourth-order valence-corrected chi connectivity index (χ4v) is 3.28. The smallest absolute Gasteiger partial charge is 0.0685 e. The standard InChI is InChI=1S/C12H24N2O2/c1-15-9-11(14-13)10-4-7-16-12(8-10)5-2-3-6-12/h10-11,14H,2-9,13H2,1H3. The first-order valence-electron chi connectivity index (χ1n) is 6.39. The van der Waals surface area contributed by atoms with Gasteiger partial charge < -0.3 is 9.47 Å². The molecule has 0 radical (unpaired) electrons. The summed E-state index contributed by atoms with van der Waals surface area (Å²) in [7, 11) is 1.73. The van der Waals surface area contributed by atoms with Crippen molar-refractivity contribution >= 4 is 0 Å². The van der Waals surface area contributed by atoms with Gasteiger partial charge in [0.25, 0.3) is 0 Å². The van der Waals surface area contributed by atoms with E-state index >= 15 is 0 Å². The lowest BCUT2D eigenvalue weighted by Gasteiger charge is -2.41. The fourth-order valence-electron chi connectivity index (χ4n) is 3.28. The molecular formula is C12H24N2O2. The van der Waals surface area contributed by atoms with Crippen LogP contribution in [0.15, 0.2) is 0 Å². The zero-order chi connectivity index (χ0) is 11.4. The van der Waals surface area contributed by atoms with E-state index in [2.05, 4.69) is 5.43 Å². The van der Waals surface area contributed by atoms with E-state index in [0.29, 0.717) is 12.5 Å². The summed E-state index contributed by atoms with van der Waals surface area (Å²) in [5, 5.41) is 0. The second kappa shape index (κ2) is 5.45. The average Bonchev–Trinajstić information content (AvgIpc) is 2.74. The molecule has 1 saturated heterocycles. The molecule has 2 unspecified atom stereocenters. The number of hydrogen-bond acceptors (Lipinski definition) is 4. The molecule has 1 aliphatic carbocycles. The third-order valence-electron chi connectivity index (χ3n) is 4.18. The van der Waals surface area contributed by atoms with Crippen LogP contribution in [0.25, 0.3) is 0 Å². The molecule has 1 spiro atoms. The minimum atomic E-state index is 0.172. The van der Waals surface area contributed by atoms with Gasteiger partial charge in [-0.1, -0.05) is 12.8 Å². The largest absolute Gasteiger partial charge is 0.383 e. The van der Waals surface area contributed by atoms with Gasteiger partial charge in [-0.05, 0) is 31.6 Å². The Balaban J connectivity index is 1.94. The second-order valence-electron chi connectivity index (χ2n) is 5.22. The molecule has 94 valence electrons. The molecule has 2 fully saturated rings. The highest BCUT2D eigenvalue weighted by Crippen LogP contribution is 2.42. The Morgan fingerprint density at radius 3 is 2.88 bits per heavy atom. The molecule has 2 rings (SSSR count). The molecule has 1 aliphatic heterocycles. The first-order chi connectivity index (χ1) is 7.79. The van der Waals surface area contributed by atoms with Crippen LogP contribution in [0.2, 0.25) is 0 Å². The van der Waals surface area contributed by atoms with E-state index in [0.717, 1.165) is 19.4 Å². The van der Waals surface area contributed by atoms with Crippen molar-refractivity contribution in [3.63, 3.8) is 0 Å². The molecule has 3 N–H and O–H groups in total. The highest BCUT2D eigenvalue weighted by Gasteiger charge is 2.41. The van der Waals surface area contributed by atoms with Crippen molar-refractivity contribution in [2.75, 3.05) is 20.3 Å². The van der Waals surface area contributed by atoms with Crippen LogP contribution < -0.4 is 11.3 Å². The average molecular weight is 228 g/mol. The Morgan fingerprint density at radius 1 is 1.50 bits per heavy atom. The minimum Gasteiger partial charge on any atom is -0.383 e. The van der Waals surface area contributed by atoms with Crippen molar-refractivity contribution in [3.05, 3.63) is 0 Å². The number of ether oxygens (including phenoxy) is 2. The molecule has 4 heteroatoms. The maximum absolute atomic E-state index is 6.02. The van der Waals surface area contributed by atoms with Gasteiger partial charge in [-0.15, -0.1) is 0 Å². The minimum absolute atomic E-state index is 0.172. The molecule has 2 atom stereocenters. The molecule has 0 aromatic rings. The van der Waals surface area contributed by atoms with Crippen LogP contribution >= 0.6 is 0 Å². The van der Waals surface area contributed by atoms with Crippen LogP contribution in [-0.4, -0.2) is 32.0 Å². The fraction of sp³-hybridized carbons (Fsp3) is 1.00. The number of nitrogens with two attached hydrogens (primary N) is 1. The Labute approximate surface area is 97.8 Å². The predicted octanol–water partition coefficient (Wildman–Crippen LogP) is 1.20. The van der Waals surface area contributed by atoms with E-state index in [9.17, 15) is 0 Å². The normalized spacial score (nSPS) is 30.8. The van der Waals surface area contributed by atoms with E-state index in [1.807, 2.05) is 0 Å². The number of rotatable bonds is 4. The summed E-state index contributed by atoms with van der Waals surface area (Å²) < 4.78 is 11.2. The van der Waals surface area contributed by atoms with Crippen LogP contribution in [0.5, 0.6) is 0 Å². The van der Waals surface area contributed by atoms with Gasteiger partial charge in [0.15, 0.2) is 0 Å². The summed E-state index contributed by atoms with van der Waals surface area (Å²) in [5.41, 5.74) is 3.07. The molecule has 1 saturated carbocycles. The van der Waals surface area contributed by atoms with Gasteiger partial charge in [-0.2, -0.15) is 0 Å². The van der Waals surface area contributed by atoms with Crippen LogP contribution in [-0.2, 0) is 9.47 Å². The molecule has 0 amide bonds.